The van der Waals surface area contributed by atoms with Crippen LogP contribution in [0, 0.1) is 6.92 Å². The topological polar surface area (TPSA) is 67.9 Å². The van der Waals surface area contributed by atoms with E-state index in [1.54, 1.807) is 29.2 Å². The number of methoxy groups -OCH3 is 1. The minimum atomic E-state index is -0.274. The third kappa shape index (κ3) is 6.29. The number of thiocarbonyl (C=S) groups is 1. The van der Waals surface area contributed by atoms with Gasteiger partial charge >= 0.3 is 0 Å². The van der Waals surface area contributed by atoms with E-state index in [1.807, 2.05) is 61.5 Å². The largest absolute Gasteiger partial charge is 0.493 e. The summed E-state index contributed by atoms with van der Waals surface area (Å²) in [6.07, 6.45) is 1.78. The molecule has 1 aliphatic heterocycles. The summed E-state index contributed by atoms with van der Waals surface area (Å²) in [7, 11) is 1.53. The Hall–Kier alpha value is -3.62. The predicted octanol–water partition coefficient (Wildman–Crippen LogP) is 5.42. The van der Waals surface area contributed by atoms with Crippen molar-refractivity contribution in [3.8, 4) is 11.5 Å². The maximum Gasteiger partial charge on any atom is 0.266 e. The molecule has 1 fully saturated rings. The van der Waals surface area contributed by atoms with E-state index < -0.39 is 0 Å². The van der Waals surface area contributed by atoms with Gasteiger partial charge in [-0.2, -0.15) is 0 Å². The fourth-order valence-corrected chi connectivity index (χ4v) is 4.77. The Labute approximate surface area is 213 Å². The van der Waals surface area contributed by atoms with E-state index in [9.17, 15) is 9.59 Å². The van der Waals surface area contributed by atoms with Gasteiger partial charge in [0.1, 0.15) is 4.32 Å². The maximum absolute atomic E-state index is 12.9. The van der Waals surface area contributed by atoms with Crippen molar-refractivity contribution in [2.75, 3.05) is 19.0 Å². The summed E-state index contributed by atoms with van der Waals surface area (Å²) in [6.45, 7) is 2.23. The van der Waals surface area contributed by atoms with Crippen molar-refractivity contribution in [1.82, 2.24) is 4.90 Å². The van der Waals surface area contributed by atoms with E-state index >= 15 is 0 Å². The first-order valence-corrected chi connectivity index (χ1v) is 12.1. The lowest BCUT2D eigenvalue weighted by atomic mass is 10.1. The molecule has 3 aromatic rings. The van der Waals surface area contributed by atoms with E-state index in [-0.39, 0.29) is 18.4 Å². The fraction of sp³-hybridized carbons (Fsp3) is 0.148. The second kappa shape index (κ2) is 11.2. The van der Waals surface area contributed by atoms with Gasteiger partial charge in [0.05, 0.1) is 18.6 Å². The zero-order valence-corrected chi connectivity index (χ0v) is 20.9. The van der Waals surface area contributed by atoms with Crippen molar-refractivity contribution in [3.05, 3.63) is 94.4 Å². The zero-order valence-electron chi connectivity index (χ0n) is 19.3. The van der Waals surface area contributed by atoms with E-state index in [2.05, 4.69) is 5.32 Å². The Bertz CT molecular complexity index is 1290. The van der Waals surface area contributed by atoms with E-state index in [1.165, 1.54) is 18.9 Å². The third-order valence-electron chi connectivity index (χ3n) is 5.20. The lowest BCUT2D eigenvalue weighted by Crippen LogP contribution is -2.27. The summed E-state index contributed by atoms with van der Waals surface area (Å²) in [6, 6.07) is 22.6. The van der Waals surface area contributed by atoms with Crippen LogP contribution in [0.15, 0.2) is 77.7 Å². The molecule has 0 saturated carbocycles. The van der Waals surface area contributed by atoms with Gasteiger partial charge in [-0.05, 0) is 54.0 Å². The van der Waals surface area contributed by atoms with Crippen molar-refractivity contribution in [3.63, 3.8) is 0 Å². The molecule has 1 heterocycles. The Morgan fingerprint density at radius 3 is 2.60 bits per heavy atom. The van der Waals surface area contributed by atoms with Gasteiger partial charge in [-0.15, -0.1) is 0 Å². The summed E-state index contributed by atoms with van der Waals surface area (Å²) in [4.78, 5) is 27.4. The highest BCUT2D eigenvalue weighted by Gasteiger charge is 2.32. The first-order valence-electron chi connectivity index (χ1n) is 10.9. The first-order chi connectivity index (χ1) is 16.9. The minimum Gasteiger partial charge on any atom is -0.493 e. The van der Waals surface area contributed by atoms with Gasteiger partial charge in [0.15, 0.2) is 18.1 Å². The summed E-state index contributed by atoms with van der Waals surface area (Å²) in [5.74, 6) is 0.488. The number of carbonyl (C=O) groups excluding carboxylic acids is 2. The van der Waals surface area contributed by atoms with Crippen LogP contribution in [0.25, 0.3) is 6.08 Å². The SMILES string of the molecule is COc1cc(C=C2SC(=S)N(Cc3ccccc3)C2=O)ccc1OCC(=O)Nc1cccc(C)c1. The molecule has 0 radical (unpaired) electrons. The van der Waals surface area contributed by atoms with E-state index in [4.69, 9.17) is 21.7 Å². The van der Waals surface area contributed by atoms with Crippen LogP contribution in [0.1, 0.15) is 16.7 Å². The molecular formula is C27H24N2O4S2. The minimum absolute atomic E-state index is 0.129. The second-order valence-electron chi connectivity index (χ2n) is 7.87. The second-order valence-corrected chi connectivity index (χ2v) is 9.55. The molecule has 0 spiro atoms. The van der Waals surface area contributed by atoms with Crippen LogP contribution in [-0.4, -0.2) is 34.8 Å². The van der Waals surface area contributed by atoms with Crippen molar-refractivity contribution in [2.45, 2.75) is 13.5 Å². The van der Waals surface area contributed by atoms with Crippen LogP contribution < -0.4 is 14.8 Å². The maximum atomic E-state index is 12.9. The van der Waals surface area contributed by atoms with Crippen molar-refractivity contribution in [2.24, 2.45) is 0 Å². The Morgan fingerprint density at radius 2 is 1.86 bits per heavy atom. The van der Waals surface area contributed by atoms with Gasteiger partial charge in [0, 0.05) is 5.69 Å². The number of rotatable bonds is 8. The molecule has 0 atom stereocenters. The number of thioether (sulfide) groups is 1. The lowest BCUT2D eigenvalue weighted by molar-refractivity contribution is -0.122. The fourth-order valence-electron chi connectivity index (χ4n) is 3.51. The molecule has 6 nitrogen and oxygen atoms in total. The number of carbonyl (C=O) groups is 2. The highest BCUT2D eigenvalue weighted by molar-refractivity contribution is 8.26. The predicted molar refractivity (Wildman–Crippen MR) is 143 cm³/mol. The van der Waals surface area contributed by atoms with Crippen LogP contribution in [0.4, 0.5) is 5.69 Å². The molecular weight excluding hydrogens is 480 g/mol. The summed E-state index contributed by atoms with van der Waals surface area (Å²) >= 11 is 6.71. The van der Waals surface area contributed by atoms with Crippen LogP contribution in [-0.2, 0) is 16.1 Å². The smallest absolute Gasteiger partial charge is 0.266 e. The zero-order chi connectivity index (χ0) is 24.8. The summed E-state index contributed by atoms with van der Waals surface area (Å²) in [5.41, 5.74) is 3.54. The average molecular weight is 505 g/mol. The molecule has 1 saturated heterocycles. The molecule has 35 heavy (non-hydrogen) atoms. The first kappa shape index (κ1) is 24.5. The van der Waals surface area contributed by atoms with Crippen LogP contribution in [0.3, 0.4) is 0 Å². The number of nitrogens with zero attached hydrogens (tertiary/aromatic N) is 1. The molecule has 4 rings (SSSR count). The van der Waals surface area contributed by atoms with E-state index in [0.29, 0.717) is 33.0 Å². The summed E-state index contributed by atoms with van der Waals surface area (Å²) < 4.78 is 11.7. The number of aryl methyl sites for hydroxylation is 1. The van der Waals surface area contributed by atoms with Crippen molar-refractivity contribution >= 4 is 51.9 Å². The van der Waals surface area contributed by atoms with Crippen molar-refractivity contribution < 1.29 is 19.1 Å². The molecule has 0 bridgehead atoms. The molecule has 1 N–H and O–H groups in total. The molecule has 0 aliphatic carbocycles. The monoisotopic (exact) mass is 504 g/mol. The average Bonchev–Trinajstić information content (AvgIpc) is 3.11. The number of benzene rings is 3. The van der Waals surface area contributed by atoms with Crippen LogP contribution in [0.2, 0.25) is 0 Å². The normalized spacial score (nSPS) is 14.3. The summed E-state index contributed by atoms with van der Waals surface area (Å²) in [5, 5.41) is 2.81. The standard InChI is InChI=1S/C27H24N2O4S2/c1-18-7-6-10-21(13-18)28-25(30)17-33-22-12-11-20(14-23(22)32-2)15-24-26(31)29(27(34)35-24)16-19-8-4-3-5-9-19/h3-15H,16-17H2,1-2H3,(H,28,30). The molecule has 3 aromatic carbocycles. The number of nitrogens with one attached hydrogen (secondary N) is 1. The number of anilines is 1. The Morgan fingerprint density at radius 1 is 1.06 bits per heavy atom. The highest BCUT2D eigenvalue weighted by atomic mass is 32.2. The Kier molecular flexibility index (Phi) is 7.84. The molecule has 178 valence electrons. The molecule has 8 heteroatoms. The van der Waals surface area contributed by atoms with Gasteiger partial charge in [-0.1, -0.05) is 72.5 Å². The van der Waals surface area contributed by atoms with Crippen LogP contribution in [0.5, 0.6) is 11.5 Å². The molecule has 2 amide bonds. The molecule has 0 unspecified atom stereocenters. The van der Waals surface area contributed by atoms with Gasteiger partial charge in [-0.25, -0.2) is 0 Å². The van der Waals surface area contributed by atoms with Crippen molar-refractivity contribution in [1.29, 1.82) is 0 Å². The van der Waals surface area contributed by atoms with Gasteiger partial charge in [0.2, 0.25) is 0 Å². The number of amides is 2. The molecule has 1 aliphatic rings. The third-order valence-corrected chi connectivity index (χ3v) is 6.58. The number of hydrogen-bond acceptors (Lipinski definition) is 6. The van der Waals surface area contributed by atoms with E-state index in [0.717, 1.165) is 16.7 Å². The number of hydrogen-bond donors (Lipinski definition) is 1. The van der Waals surface area contributed by atoms with Gasteiger partial charge in [0.25, 0.3) is 11.8 Å². The van der Waals surface area contributed by atoms with Gasteiger partial charge < -0.3 is 14.8 Å². The number of ether oxygens (including phenoxy) is 2. The quantitative estimate of drug-likeness (QED) is 0.326. The van der Waals surface area contributed by atoms with Crippen LogP contribution >= 0.6 is 24.0 Å². The lowest BCUT2D eigenvalue weighted by Gasteiger charge is -2.14. The van der Waals surface area contributed by atoms with Gasteiger partial charge in [-0.3, -0.25) is 14.5 Å². The Balaban J connectivity index is 1.41. The highest BCUT2D eigenvalue weighted by Crippen LogP contribution is 2.35. The molecule has 0 aromatic heterocycles.